The van der Waals surface area contributed by atoms with Crippen molar-refractivity contribution in [3.05, 3.63) is 34.1 Å². The Hall–Kier alpha value is -0.450. The predicted octanol–water partition coefficient (Wildman–Crippen LogP) is 3.53. The third-order valence-electron chi connectivity index (χ3n) is 2.60. The predicted molar refractivity (Wildman–Crippen MR) is 76.4 cm³/mol. The van der Waals surface area contributed by atoms with Crippen LogP contribution in [0, 0.1) is 5.82 Å². The van der Waals surface area contributed by atoms with Gasteiger partial charge in [0.1, 0.15) is 5.82 Å². The van der Waals surface area contributed by atoms with Crippen LogP contribution in [0.5, 0.6) is 0 Å². The number of ether oxygens (including phenoxy) is 1. The Labute approximate surface area is 117 Å². The van der Waals surface area contributed by atoms with E-state index in [2.05, 4.69) is 21.2 Å². The molecule has 1 aromatic rings. The van der Waals surface area contributed by atoms with Crippen molar-refractivity contribution in [2.45, 2.75) is 38.8 Å². The molecular formula is C14H21BrFNO. The SMILES string of the molecule is CNC(COC(C)(C)C)Cc1cc(F)ccc1Br. The fourth-order valence-electron chi connectivity index (χ4n) is 1.56. The smallest absolute Gasteiger partial charge is 0.123 e. The Morgan fingerprint density at radius 3 is 2.61 bits per heavy atom. The molecule has 0 aromatic heterocycles. The van der Waals surface area contributed by atoms with Crippen molar-refractivity contribution >= 4 is 15.9 Å². The minimum Gasteiger partial charge on any atom is -0.374 e. The Kier molecular flexibility index (Phi) is 5.76. The molecule has 4 heteroatoms. The fraction of sp³-hybridized carbons (Fsp3) is 0.571. The van der Waals surface area contributed by atoms with Crippen molar-refractivity contribution in [3.63, 3.8) is 0 Å². The van der Waals surface area contributed by atoms with Gasteiger partial charge in [-0.05, 0) is 58.0 Å². The molecule has 0 bridgehead atoms. The van der Waals surface area contributed by atoms with Gasteiger partial charge < -0.3 is 10.1 Å². The van der Waals surface area contributed by atoms with E-state index in [0.29, 0.717) is 6.61 Å². The second kappa shape index (κ2) is 6.64. The molecular weight excluding hydrogens is 297 g/mol. The zero-order chi connectivity index (χ0) is 13.8. The van der Waals surface area contributed by atoms with Crippen molar-refractivity contribution in [3.8, 4) is 0 Å². The Morgan fingerprint density at radius 1 is 1.39 bits per heavy atom. The lowest BCUT2D eigenvalue weighted by Crippen LogP contribution is -2.36. The highest BCUT2D eigenvalue weighted by Crippen LogP contribution is 2.20. The summed E-state index contributed by atoms with van der Waals surface area (Å²) in [6.45, 7) is 6.68. The van der Waals surface area contributed by atoms with Crippen LogP contribution in [0.2, 0.25) is 0 Å². The van der Waals surface area contributed by atoms with E-state index < -0.39 is 0 Å². The zero-order valence-electron chi connectivity index (χ0n) is 11.4. The molecule has 18 heavy (non-hydrogen) atoms. The molecule has 0 amide bonds. The van der Waals surface area contributed by atoms with Crippen LogP contribution in [-0.4, -0.2) is 25.3 Å². The molecule has 1 unspecified atom stereocenters. The van der Waals surface area contributed by atoms with Crippen LogP contribution in [0.1, 0.15) is 26.3 Å². The molecule has 0 heterocycles. The number of likely N-dealkylation sites (N-methyl/N-ethyl adjacent to an activating group) is 1. The summed E-state index contributed by atoms with van der Waals surface area (Å²) < 4.78 is 19.9. The third-order valence-corrected chi connectivity index (χ3v) is 3.37. The standard InChI is InChI=1S/C14H21BrFNO/c1-14(2,3)18-9-12(17-4)8-10-7-11(16)5-6-13(10)15/h5-7,12,17H,8-9H2,1-4H3. The molecule has 0 spiro atoms. The molecule has 1 atom stereocenters. The van der Waals surface area contributed by atoms with Gasteiger partial charge >= 0.3 is 0 Å². The average Bonchev–Trinajstić information content (AvgIpc) is 2.27. The molecule has 0 saturated heterocycles. The van der Waals surface area contributed by atoms with Crippen LogP contribution in [0.25, 0.3) is 0 Å². The lowest BCUT2D eigenvalue weighted by Gasteiger charge is -2.24. The van der Waals surface area contributed by atoms with Crippen LogP contribution in [0.15, 0.2) is 22.7 Å². The summed E-state index contributed by atoms with van der Waals surface area (Å²) in [6, 6.07) is 4.92. The van der Waals surface area contributed by atoms with Gasteiger partial charge in [-0.1, -0.05) is 15.9 Å². The largest absolute Gasteiger partial charge is 0.374 e. The van der Waals surface area contributed by atoms with Gasteiger partial charge in [0, 0.05) is 10.5 Å². The quantitative estimate of drug-likeness (QED) is 0.897. The summed E-state index contributed by atoms with van der Waals surface area (Å²) in [5, 5.41) is 3.20. The van der Waals surface area contributed by atoms with Crippen LogP contribution < -0.4 is 5.32 Å². The fourth-order valence-corrected chi connectivity index (χ4v) is 1.97. The van der Waals surface area contributed by atoms with Crippen molar-refractivity contribution in [2.75, 3.05) is 13.7 Å². The van der Waals surface area contributed by atoms with Gasteiger partial charge in [0.2, 0.25) is 0 Å². The summed E-state index contributed by atoms with van der Waals surface area (Å²) in [7, 11) is 1.89. The van der Waals surface area contributed by atoms with Crippen molar-refractivity contribution in [2.24, 2.45) is 0 Å². The molecule has 102 valence electrons. The third kappa shape index (κ3) is 5.46. The van der Waals surface area contributed by atoms with E-state index in [4.69, 9.17) is 4.74 Å². The maximum absolute atomic E-state index is 13.2. The molecule has 0 aliphatic carbocycles. The van der Waals surface area contributed by atoms with Crippen LogP contribution in [0.3, 0.4) is 0 Å². The van der Waals surface area contributed by atoms with Gasteiger partial charge in [-0.3, -0.25) is 0 Å². The van der Waals surface area contributed by atoms with Crippen LogP contribution in [0.4, 0.5) is 4.39 Å². The highest BCUT2D eigenvalue weighted by molar-refractivity contribution is 9.10. The molecule has 2 nitrogen and oxygen atoms in total. The molecule has 0 fully saturated rings. The minimum atomic E-state index is -0.209. The number of rotatable bonds is 5. The number of hydrogen-bond acceptors (Lipinski definition) is 2. The van der Waals surface area contributed by atoms with Crippen molar-refractivity contribution < 1.29 is 9.13 Å². The molecule has 0 aliphatic rings. The second-order valence-corrected chi connectivity index (χ2v) is 6.20. The summed E-state index contributed by atoms with van der Waals surface area (Å²) in [5.74, 6) is -0.209. The molecule has 0 aliphatic heterocycles. The Morgan fingerprint density at radius 2 is 2.06 bits per heavy atom. The first kappa shape index (κ1) is 15.6. The summed E-state index contributed by atoms with van der Waals surface area (Å²) in [6.07, 6.45) is 0.727. The van der Waals surface area contributed by atoms with E-state index in [1.165, 1.54) is 6.07 Å². The maximum atomic E-state index is 13.2. The summed E-state index contributed by atoms with van der Waals surface area (Å²) >= 11 is 3.44. The Balaban J connectivity index is 2.65. The lowest BCUT2D eigenvalue weighted by atomic mass is 10.1. The first-order valence-electron chi connectivity index (χ1n) is 6.07. The maximum Gasteiger partial charge on any atom is 0.123 e. The molecule has 1 aromatic carbocycles. The van der Waals surface area contributed by atoms with Crippen LogP contribution in [-0.2, 0) is 11.2 Å². The first-order valence-corrected chi connectivity index (χ1v) is 6.86. The second-order valence-electron chi connectivity index (χ2n) is 5.35. The Bertz CT molecular complexity index is 390. The van der Waals surface area contributed by atoms with E-state index in [1.807, 2.05) is 27.8 Å². The molecule has 1 rings (SSSR count). The van der Waals surface area contributed by atoms with E-state index in [1.54, 1.807) is 12.1 Å². The van der Waals surface area contributed by atoms with E-state index in [0.717, 1.165) is 16.5 Å². The number of benzene rings is 1. The van der Waals surface area contributed by atoms with Gasteiger partial charge in [0.25, 0.3) is 0 Å². The van der Waals surface area contributed by atoms with Gasteiger partial charge in [-0.15, -0.1) is 0 Å². The summed E-state index contributed by atoms with van der Waals surface area (Å²) in [4.78, 5) is 0. The lowest BCUT2D eigenvalue weighted by molar-refractivity contribution is -0.0135. The highest BCUT2D eigenvalue weighted by atomic mass is 79.9. The number of nitrogens with one attached hydrogen (secondary N) is 1. The van der Waals surface area contributed by atoms with E-state index in [9.17, 15) is 4.39 Å². The molecule has 0 saturated carbocycles. The first-order chi connectivity index (χ1) is 8.31. The van der Waals surface area contributed by atoms with Crippen molar-refractivity contribution in [1.29, 1.82) is 0 Å². The highest BCUT2D eigenvalue weighted by Gasteiger charge is 2.15. The topological polar surface area (TPSA) is 21.3 Å². The van der Waals surface area contributed by atoms with Gasteiger partial charge in [0.05, 0.1) is 12.2 Å². The van der Waals surface area contributed by atoms with Gasteiger partial charge in [0.15, 0.2) is 0 Å². The van der Waals surface area contributed by atoms with E-state index >= 15 is 0 Å². The number of hydrogen-bond donors (Lipinski definition) is 1. The summed E-state index contributed by atoms with van der Waals surface area (Å²) in [5.41, 5.74) is 0.792. The van der Waals surface area contributed by atoms with Crippen LogP contribution >= 0.6 is 15.9 Å². The monoisotopic (exact) mass is 317 g/mol. The van der Waals surface area contributed by atoms with Gasteiger partial charge in [-0.25, -0.2) is 4.39 Å². The minimum absolute atomic E-state index is 0.158. The van der Waals surface area contributed by atoms with Gasteiger partial charge in [-0.2, -0.15) is 0 Å². The normalized spacial score (nSPS) is 13.7. The molecule has 0 radical (unpaired) electrons. The zero-order valence-corrected chi connectivity index (χ0v) is 13.0. The molecule has 1 N–H and O–H groups in total. The number of halogens is 2. The average molecular weight is 318 g/mol. The van der Waals surface area contributed by atoms with E-state index in [-0.39, 0.29) is 17.5 Å². The van der Waals surface area contributed by atoms with Crippen molar-refractivity contribution in [1.82, 2.24) is 5.32 Å².